The predicted molar refractivity (Wildman–Crippen MR) is 91.2 cm³/mol. The lowest BCUT2D eigenvalue weighted by atomic mass is 10.2. The minimum atomic E-state index is -2.88. The zero-order valence-electron chi connectivity index (χ0n) is 13.8. The summed E-state index contributed by atoms with van der Waals surface area (Å²) in [5, 5.41) is 9.03. The molecule has 2 aromatic carbocycles. The van der Waals surface area contributed by atoms with Gasteiger partial charge in [-0.2, -0.15) is 14.0 Å². The van der Waals surface area contributed by atoms with Crippen LogP contribution in [0.5, 0.6) is 11.5 Å². The Hall–Kier alpha value is -2.85. The highest BCUT2D eigenvalue weighted by molar-refractivity contribution is 6.32. The maximum Gasteiger partial charge on any atom is 0.387 e. The summed E-state index contributed by atoms with van der Waals surface area (Å²) < 4.78 is 33.9. The Morgan fingerprint density at radius 2 is 1.96 bits per heavy atom. The molecule has 0 N–H and O–H groups in total. The third-order valence-corrected chi connectivity index (χ3v) is 3.70. The number of alkyl halides is 2. The first-order valence-electron chi connectivity index (χ1n) is 7.49. The number of rotatable bonds is 7. The highest BCUT2D eigenvalue weighted by Gasteiger charge is 2.12. The molecule has 5 nitrogen and oxygen atoms in total. The van der Waals surface area contributed by atoms with Gasteiger partial charge in [0.2, 0.25) is 0 Å². The van der Waals surface area contributed by atoms with Crippen LogP contribution in [0.15, 0.2) is 42.5 Å². The molecule has 0 atom stereocenters. The average molecular weight is 381 g/mol. The van der Waals surface area contributed by atoms with E-state index >= 15 is 0 Å². The van der Waals surface area contributed by atoms with E-state index in [-0.39, 0.29) is 29.8 Å². The Balaban J connectivity index is 1.88. The molecular formula is C18H15ClF2N2O3. The van der Waals surface area contributed by atoms with Gasteiger partial charge in [0, 0.05) is 13.6 Å². The second-order valence-electron chi connectivity index (χ2n) is 5.32. The topological polar surface area (TPSA) is 62.6 Å². The Morgan fingerprint density at radius 1 is 1.27 bits per heavy atom. The number of nitrogens with zero attached hydrogens (tertiary/aromatic N) is 2. The van der Waals surface area contributed by atoms with Gasteiger partial charge in [0.25, 0.3) is 5.91 Å². The van der Waals surface area contributed by atoms with Gasteiger partial charge in [-0.15, -0.1) is 0 Å². The number of carbonyl (C=O) groups is 1. The monoisotopic (exact) mass is 380 g/mol. The predicted octanol–water partition coefficient (Wildman–Crippen LogP) is 3.85. The molecule has 0 spiro atoms. The molecule has 0 aliphatic carbocycles. The van der Waals surface area contributed by atoms with Crippen molar-refractivity contribution >= 4 is 17.5 Å². The van der Waals surface area contributed by atoms with Gasteiger partial charge in [0.1, 0.15) is 11.5 Å². The summed E-state index contributed by atoms with van der Waals surface area (Å²) in [6, 6.07) is 12.5. The maximum absolute atomic E-state index is 12.1. The van der Waals surface area contributed by atoms with Crippen LogP contribution in [0.2, 0.25) is 5.02 Å². The van der Waals surface area contributed by atoms with Crippen molar-refractivity contribution in [2.45, 2.75) is 13.2 Å². The van der Waals surface area contributed by atoms with E-state index in [1.807, 2.05) is 6.07 Å². The molecule has 2 rings (SSSR count). The van der Waals surface area contributed by atoms with Crippen molar-refractivity contribution in [2.24, 2.45) is 0 Å². The van der Waals surface area contributed by atoms with Crippen LogP contribution < -0.4 is 9.47 Å². The molecule has 2 aromatic rings. The zero-order valence-corrected chi connectivity index (χ0v) is 14.5. The summed E-state index contributed by atoms with van der Waals surface area (Å²) in [5.74, 6) is 0.0655. The fraction of sp³-hybridized carbons (Fsp3) is 0.222. The highest BCUT2D eigenvalue weighted by atomic mass is 35.5. The number of halogens is 3. The molecule has 0 unspecified atom stereocenters. The Kier molecular flexibility index (Phi) is 6.75. The van der Waals surface area contributed by atoms with Crippen LogP contribution in [0.4, 0.5) is 8.78 Å². The van der Waals surface area contributed by atoms with Crippen LogP contribution in [0.3, 0.4) is 0 Å². The standard InChI is InChI=1S/C18H15ClF2N2O3/c1-23(10-12-2-5-14(6-3-12)26-18(20)21)17(24)11-25-16-7-4-13(9-22)8-15(16)19/h2-8,18H,10-11H2,1H3. The van der Waals surface area contributed by atoms with Crippen LogP contribution in [0, 0.1) is 11.3 Å². The second kappa shape index (κ2) is 9.02. The van der Waals surface area contributed by atoms with Crippen LogP contribution in [-0.2, 0) is 11.3 Å². The second-order valence-corrected chi connectivity index (χ2v) is 5.73. The number of nitriles is 1. The van der Waals surface area contributed by atoms with Gasteiger partial charge in [-0.05, 0) is 35.9 Å². The van der Waals surface area contributed by atoms with E-state index in [9.17, 15) is 13.6 Å². The molecule has 0 aliphatic heterocycles. The molecule has 0 saturated carbocycles. The number of hydrogen-bond donors (Lipinski definition) is 0. The fourth-order valence-electron chi connectivity index (χ4n) is 2.08. The Bertz CT molecular complexity index is 807. The average Bonchev–Trinajstić information content (AvgIpc) is 2.61. The van der Waals surface area contributed by atoms with Crippen molar-refractivity contribution < 1.29 is 23.0 Å². The Morgan fingerprint density at radius 3 is 2.54 bits per heavy atom. The van der Waals surface area contributed by atoms with Crippen molar-refractivity contribution in [1.82, 2.24) is 4.90 Å². The van der Waals surface area contributed by atoms with Gasteiger partial charge < -0.3 is 14.4 Å². The van der Waals surface area contributed by atoms with Gasteiger partial charge in [-0.25, -0.2) is 0 Å². The fourth-order valence-corrected chi connectivity index (χ4v) is 2.31. The number of hydrogen-bond acceptors (Lipinski definition) is 4. The van der Waals surface area contributed by atoms with E-state index in [1.165, 1.54) is 29.2 Å². The quantitative estimate of drug-likeness (QED) is 0.732. The van der Waals surface area contributed by atoms with Gasteiger partial charge in [0.15, 0.2) is 6.61 Å². The zero-order chi connectivity index (χ0) is 19.1. The lowest BCUT2D eigenvalue weighted by molar-refractivity contribution is -0.132. The number of amides is 1. The number of benzene rings is 2. The molecular weight excluding hydrogens is 366 g/mol. The number of likely N-dealkylation sites (N-methyl/N-ethyl adjacent to an activating group) is 1. The Labute approximate surface area is 154 Å². The van der Waals surface area contributed by atoms with E-state index in [4.69, 9.17) is 21.6 Å². The number of carbonyl (C=O) groups excluding carboxylic acids is 1. The summed E-state index contributed by atoms with van der Waals surface area (Å²) in [6.45, 7) is -2.83. The van der Waals surface area contributed by atoms with Crippen LogP contribution in [0.25, 0.3) is 0 Å². The third-order valence-electron chi connectivity index (χ3n) is 3.41. The van der Waals surface area contributed by atoms with E-state index in [0.29, 0.717) is 11.3 Å². The van der Waals surface area contributed by atoms with E-state index in [2.05, 4.69) is 4.74 Å². The molecule has 0 heterocycles. The lowest BCUT2D eigenvalue weighted by Gasteiger charge is -2.18. The molecule has 1 amide bonds. The van der Waals surface area contributed by atoms with Crippen molar-refractivity contribution in [3.8, 4) is 17.6 Å². The molecule has 0 saturated heterocycles. The van der Waals surface area contributed by atoms with E-state index in [1.54, 1.807) is 25.2 Å². The molecule has 8 heteroatoms. The lowest BCUT2D eigenvalue weighted by Crippen LogP contribution is -2.31. The summed E-state index contributed by atoms with van der Waals surface area (Å²) in [5.41, 5.74) is 1.14. The summed E-state index contributed by atoms with van der Waals surface area (Å²) in [7, 11) is 1.59. The first-order chi connectivity index (χ1) is 12.4. The molecule has 0 radical (unpaired) electrons. The van der Waals surface area contributed by atoms with Gasteiger partial charge >= 0.3 is 6.61 Å². The maximum atomic E-state index is 12.1. The summed E-state index contributed by atoms with van der Waals surface area (Å²) >= 11 is 5.99. The van der Waals surface area contributed by atoms with Crippen molar-refractivity contribution in [1.29, 1.82) is 5.26 Å². The van der Waals surface area contributed by atoms with E-state index < -0.39 is 6.61 Å². The van der Waals surface area contributed by atoms with E-state index in [0.717, 1.165) is 5.56 Å². The van der Waals surface area contributed by atoms with Gasteiger partial charge in [-0.3, -0.25) is 4.79 Å². The minimum absolute atomic E-state index is 0.0523. The highest BCUT2D eigenvalue weighted by Crippen LogP contribution is 2.25. The van der Waals surface area contributed by atoms with Crippen molar-refractivity contribution in [3.05, 3.63) is 58.6 Å². The SMILES string of the molecule is CN(Cc1ccc(OC(F)F)cc1)C(=O)COc1ccc(C#N)cc1Cl. The number of ether oxygens (including phenoxy) is 2. The third kappa shape index (κ3) is 5.60. The van der Waals surface area contributed by atoms with Gasteiger partial charge in [0.05, 0.1) is 16.7 Å². The van der Waals surface area contributed by atoms with Gasteiger partial charge in [-0.1, -0.05) is 23.7 Å². The minimum Gasteiger partial charge on any atom is -0.482 e. The molecule has 26 heavy (non-hydrogen) atoms. The first-order valence-corrected chi connectivity index (χ1v) is 7.87. The van der Waals surface area contributed by atoms with Crippen LogP contribution in [0.1, 0.15) is 11.1 Å². The van der Waals surface area contributed by atoms with Crippen molar-refractivity contribution in [3.63, 3.8) is 0 Å². The smallest absolute Gasteiger partial charge is 0.387 e. The molecule has 136 valence electrons. The normalized spacial score (nSPS) is 10.3. The van der Waals surface area contributed by atoms with Crippen LogP contribution >= 0.6 is 11.6 Å². The summed E-state index contributed by atoms with van der Waals surface area (Å²) in [6.07, 6.45) is 0. The van der Waals surface area contributed by atoms with Crippen molar-refractivity contribution in [2.75, 3.05) is 13.7 Å². The first kappa shape index (κ1) is 19.5. The molecule has 0 aliphatic rings. The van der Waals surface area contributed by atoms with Crippen LogP contribution in [-0.4, -0.2) is 31.1 Å². The molecule has 0 bridgehead atoms. The summed E-state index contributed by atoms with van der Waals surface area (Å²) in [4.78, 5) is 13.6. The molecule has 0 fully saturated rings. The molecule has 0 aromatic heterocycles. The largest absolute Gasteiger partial charge is 0.482 e.